The van der Waals surface area contributed by atoms with Gasteiger partial charge >= 0.3 is 0 Å². The van der Waals surface area contributed by atoms with Gasteiger partial charge in [0.15, 0.2) is 11.5 Å². The van der Waals surface area contributed by atoms with Crippen LogP contribution in [-0.2, 0) is 11.2 Å². The third-order valence-electron chi connectivity index (χ3n) is 3.49. The Morgan fingerprint density at radius 2 is 1.95 bits per heavy atom. The summed E-state index contributed by atoms with van der Waals surface area (Å²) in [6.07, 6.45) is 0.823. The Hall–Kier alpha value is -1.75. The quantitative estimate of drug-likeness (QED) is 0.793. The van der Waals surface area contributed by atoms with Crippen molar-refractivity contribution in [2.24, 2.45) is 0 Å². The Balaban J connectivity index is 2.55. The van der Waals surface area contributed by atoms with Gasteiger partial charge in [-0.2, -0.15) is 0 Å². The number of hydrogen-bond acceptors (Lipinski definition) is 4. The second-order valence-corrected chi connectivity index (χ2v) is 5.08. The molecular formula is C16H26N2O3. The maximum atomic E-state index is 11.7. The summed E-state index contributed by atoms with van der Waals surface area (Å²) >= 11 is 0. The lowest BCUT2D eigenvalue weighted by molar-refractivity contribution is -0.128. The van der Waals surface area contributed by atoms with Crippen LogP contribution >= 0.6 is 0 Å². The Morgan fingerprint density at radius 1 is 1.29 bits per heavy atom. The molecule has 0 aromatic heterocycles. The molecule has 5 heteroatoms. The molecule has 5 nitrogen and oxygen atoms in total. The van der Waals surface area contributed by atoms with E-state index < -0.39 is 0 Å². The van der Waals surface area contributed by atoms with Gasteiger partial charge in [0.05, 0.1) is 20.8 Å². The maximum Gasteiger partial charge on any atom is 0.236 e. The first-order chi connectivity index (χ1) is 10.0. The van der Waals surface area contributed by atoms with Gasteiger partial charge in [0.2, 0.25) is 5.91 Å². The summed E-state index contributed by atoms with van der Waals surface area (Å²) in [5, 5.41) is 3.25. The summed E-state index contributed by atoms with van der Waals surface area (Å²) in [7, 11) is 5.06. The highest BCUT2D eigenvalue weighted by Crippen LogP contribution is 2.27. The second kappa shape index (κ2) is 8.52. The molecule has 1 N–H and O–H groups in total. The molecule has 1 amide bonds. The van der Waals surface area contributed by atoms with Gasteiger partial charge in [0, 0.05) is 19.6 Å². The molecular weight excluding hydrogens is 268 g/mol. The fourth-order valence-corrected chi connectivity index (χ4v) is 2.01. The van der Waals surface area contributed by atoms with Crippen LogP contribution in [0.5, 0.6) is 11.5 Å². The summed E-state index contributed by atoms with van der Waals surface area (Å²) in [6, 6.07) is 6.09. The van der Waals surface area contributed by atoms with E-state index in [4.69, 9.17) is 9.47 Å². The smallest absolute Gasteiger partial charge is 0.236 e. The molecule has 118 valence electrons. The predicted molar refractivity (Wildman–Crippen MR) is 84.0 cm³/mol. The van der Waals surface area contributed by atoms with Gasteiger partial charge in [-0.3, -0.25) is 4.79 Å². The van der Waals surface area contributed by atoms with Crippen LogP contribution in [0.4, 0.5) is 0 Å². The lowest BCUT2D eigenvalue weighted by Crippen LogP contribution is -2.39. The normalized spacial score (nSPS) is 11.9. The molecule has 1 aromatic rings. The number of nitrogens with one attached hydrogen (secondary N) is 1. The van der Waals surface area contributed by atoms with E-state index in [1.807, 2.05) is 32.2 Å². The number of ether oxygens (including phenoxy) is 2. The molecule has 0 aliphatic heterocycles. The van der Waals surface area contributed by atoms with Crippen LogP contribution in [0.3, 0.4) is 0 Å². The van der Waals surface area contributed by atoms with E-state index in [1.54, 1.807) is 19.1 Å². The molecule has 21 heavy (non-hydrogen) atoms. The fraction of sp³-hybridized carbons (Fsp3) is 0.562. The molecule has 0 saturated carbocycles. The van der Waals surface area contributed by atoms with Gasteiger partial charge in [-0.1, -0.05) is 6.07 Å². The highest BCUT2D eigenvalue weighted by molar-refractivity contribution is 5.77. The predicted octanol–water partition coefficient (Wildman–Crippen LogP) is 1.70. The summed E-state index contributed by atoms with van der Waals surface area (Å²) in [6.45, 7) is 5.12. The number of likely N-dealkylation sites (N-methyl/N-ethyl adjacent to an activating group) is 1. The van der Waals surface area contributed by atoms with Crippen LogP contribution in [0.1, 0.15) is 19.4 Å². The summed E-state index contributed by atoms with van der Waals surface area (Å²) in [5.41, 5.74) is 1.14. The van der Waals surface area contributed by atoms with Crippen molar-refractivity contribution in [1.29, 1.82) is 0 Å². The van der Waals surface area contributed by atoms with Gasteiger partial charge in [0.1, 0.15) is 0 Å². The minimum Gasteiger partial charge on any atom is -0.493 e. The van der Waals surface area contributed by atoms with Crippen molar-refractivity contribution in [2.45, 2.75) is 26.3 Å². The Morgan fingerprint density at radius 3 is 2.52 bits per heavy atom. The van der Waals surface area contributed by atoms with Gasteiger partial charge in [0.25, 0.3) is 0 Å². The number of benzene rings is 1. The molecule has 0 aliphatic carbocycles. The number of rotatable bonds is 8. The van der Waals surface area contributed by atoms with Crippen molar-refractivity contribution in [3.63, 3.8) is 0 Å². The highest BCUT2D eigenvalue weighted by Gasteiger charge is 2.11. The number of nitrogens with zero attached hydrogens (tertiary/aromatic N) is 1. The first-order valence-corrected chi connectivity index (χ1v) is 7.20. The molecule has 1 atom stereocenters. The Bertz CT molecular complexity index is 463. The Labute approximate surface area is 127 Å². The third-order valence-corrected chi connectivity index (χ3v) is 3.49. The topological polar surface area (TPSA) is 50.8 Å². The standard InChI is InChI=1S/C16H26N2O3/c1-6-18(3)16(19)11-17-12(2)9-13-7-8-14(20-4)15(10-13)21-5/h7-8,10,12,17H,6,9,11H2,1-5H3. The lowest BCUT2D eigenvalue weighted by atomic mass is 10.1. The third kappa shape index (κ3) is 5.27. The van der Waals surface area contributed by atoms with E-state index in [0.717, 1.165) is 30.0 Å². The molecule has 0 saturated heterocycles. The van der Waals surface area contributed by atoms with E-state index >= 15 is 0 Å². The van der Waals surface area contributed by atoms with E-state index in [1.165, 1.54) is 0 Å². The van der Waals surface area contributed by atoms with E-state index in [-0.39, 0.29) is 11.9 Å². The molecule has 0 radical (unpaired) electrons. The van der Waals surface area contributed by atoms with E-state index in [2.05, 4.69) is 12.2 Å². The SMILES string of the molecule is CCN(C)C(=O)CNC(C)Cc1ccc(OC)c(OC)c1. The molecule has 0 bridgehead atoms. The van der Waals surface area contributed by atoms with E-state index in [0.29, 0.717) is 6.54 Å². The molecule has 0 aliphatic rings. The van der Waals surface area contributed by atoms with Gasteiger partial charge in [-0.15, -0.1) is 0 Å². The van der Waals surface area contributed by atoms with Crippen LogP contribution < -0.4 is 14.8 Å². The number of hydrogen-bond donors (Lipinski definition) is 1. The fourth-order valence-electron chi connectivity index (χ4n) is 2.01. The zero-order chi connectivity index (χ0) is 15.8. The molecule has 0 heterocycles. The first kappa shape index (κ1) is 17.3. The van der Waals surface area contributed by atoms with Crippen molar-refractivity contribution in [2.75, 3.05) is 34.4 Å². The van der Waals surface area contributed by atoms with Crippen LogP contribution in [0.25, 0.3) is 0 Å². The maximum absolute atomic E-state index is 11.7. The van der Waals surface area contributed by atoms with Crippen molar-refractivity contribution in [3.8, 4) is 11.5 Å². The van der Waals surface area contributed by atoms with Crippen molar-refractivity contribution in [1.82, 2.24) is 10.2 Å². The highest BCUT2D eigenvalue weighted by atomic mass is 16.5. The summed E-state index contributed by atoms with van der Waals surface area (Å²) in [5.74, 6) is 1.56. The van der Waals surface area contributed by atoms with Crippen molar-refractivity contribution < 1.29 is 14.3 Å². The summed E-state index contributed by atoms with van der Waals surface area (Å²) < 4.78 is 10.5. The monoisotopic (exact) mass is 294 g/mol. The average molecular weight is 294 g/mol. The van der Waals surface area contributed by atoms with Crippen molar-refractivity contribution >= 4 is 5.91 Å². The zero-order valence-electron chi connectivity index (χ0n) is 13.6. The second-order valence-electron chi connectivity index (χ2n) is 5.08. The Kier molecular flexibility index (Phi) is 7.02. The molecule has 1 unspecified atom stereocenters. The number of methoxy groups -OCH3 is 2. The number of amides is 1. The van der Waals surface area contributed by atoms with Gasteiger partial charge in [-0.05, 0) is 38.0 Å². The zero-order valence-corrected chi connectivity index (χ0v) is 13.6. The lowest BCUT2D eigenvalue weighted by Gasteiger charge is -2.18. The molecule has 0 fully saturated rings. The number of carbonyl (C=O) groups is 1. The molecule has 1 rings (SSSR count). The minimum absolute atomic E-state index is 0.108. The van der Waals surface area contributed by atoms with Gasteiger partial charge < -0.3 is 19.7 Å². The van der Waals surface area contributed by atoms with Crippen LogP contribution in [-0.4, -0.2) is 51.2 Å². The van der Waals surface area contributed by atoms with Gasteiger partial charge in [-0.25, -0.2) is 0 Å². The summed E-state index contributed by atoms with van der Waals surface area (Å²) in [4.78, 5) is 13.4. The largest absolute Gasteiger partial charge is 0.493 e. The van der Waals surface area contributed by atoms with Crippen LogP contribution in [0.15, 0.2) is 18.2 Å². The van der Waals surface area contributed by atoms with Crippen LogP contribution in [0, 0.1) is 0 Å². The first-order valence-electron chi connectivity index (χ1n) is 7.20. The minimum atomic E-state index is 0.108. The van der Waals surface area contributed by atoms with Crippen molar-refractivity contribution in [3.05, 3.63) is 23.8 Å². The van der Waals surface area contributed by atoms with Crippen LogP contribution in [0.2, 0.25) is 0 Å². The number of carbonyl (C=O) groups excluding carboxylic acids is 1. The molecule has 1 aromatic carbocycles. The average Bonchev–Trinajstić information content (AvgIpc) is 2.51. The van der Waals surface area contributed by atoms with E-state index in [9.17, 15) is 4.79 Å². The molecule has 0 spiro atoms.